The smallest absolute Gasteiger partial charge is 0.264 e. The quantitative estimate of drug-likeness (QED) is 0.338. The average Bonchev–Trinajstić information content (AvgIpc) is 2.89. The summed E-state index contributed by atoms with van der Waals surface area (Å²) in [5, 5.41) is 3.33. The van der Waals surface area contributed by atoms with Crippen molar-refractivity contribution < 1.29 is 18.0 Å². The third-order valence-electron chi connectivity index (χ3n) is 6.25. The summed E-state index contributed by atoms with van der Waals surface area (Å²) in [5.41, 5.74) is 2.75. The van der Waals surface area contributed by atoms with Crippen molar-refractivity contribution in [2.24, 2.45) is 5.92 Å². The summed E-state index contributed by atoms with van der Waals surface area (Å²) in [4.78, 5) is 28.5. The number of rotatable bonds is 11. The molecule has 0 aliphatic carbocycles. The fourth-order valence-electron chi connectivity index (χ4n) is 4.19. The maximum absolute atomic E-state index is 14.0. The molecule has 2 amide bonds. The van der Waals surface area contributed by atoms with Crippen molar-refractivity contribution >= 4 is 39.1 Å². The van der Waals surface area contributed by atoms with Gasteiger partial charge in [0.2, 0.25) is 11.8 Å². The highest BCUT2D eigenvalue weighted by molar-refractivity contribution is 7.92. The molecule has 3 aromatic carbocycles. The molecule has 0 aliphatic rings. The van der Waals surface area contributed by atoms with Crippen LogP contribution in [0.2, 0.25) is 5.02 Å². The first-order valence-corrected chi connectivity index (χ1v) is 14.7. The first-order chi connectivity index (χ1) is 18.4. The highest BCUT2D eigenvalue weighted by Crippen LogP contribution is 2.27. The van der Waals surface area contributed by atoms with E-state index in [4.69, 9.17) is 11.6 Å². The number of nitrogens with zero attached hydrogens (tertiary/aromatic N) is 2. The van der Waals surface area contributed by atoms with E-state index < -0.39 is 28.5 Å². The standard InChI is InChI=1S/C30H36ClN3O4S/c1-21(2)18-32-30(36)24(5)33(19-25-11-9-10-14-28(25)31)29(35)20-34(26-16-22(3)15-23(4)17-26)39(37,38)27-12-7-6-8-13-27/h6-17,21,24H,18-20H2,1-5H3,(H,32,36)/t24-/m0/s1. The summed E-state index contributed by atoms with van der Waals surface area (Å²) >= 11 is 6.40. The number of amides is 2. The van der Waals surface area contributed by atoms with Crippen LogP contribution in [0.5, 0.6) is 0 Å². The van der Waals surface area contributed by atoms with Gasteiger partial charge in [-0.2, -0.15) is 0 Å². The molecule has 1 N–H and O–H groups in total. The maximum Gasteiger partial charge on any atom is 0.264 e. The number of hydrogen-bond donors (Lipinski definition) is 1. The van der Waals surface area contributed by atoms with Gasteiger partial charge in [-0.05, 0) is 73.7 Å². The van der Waals surface area contributed by atoms with E-state index in [2.05, 4.69) is 5.32 Å². The first-order valence-electron chi connectivity index (χ1n) is 12.9. The highest BCUT2D eigenvalue weighted by Gasteiger charge is 2.33. The van der Waals surface area contributed by atoms with Crippen molar-refractivity contribution in [1.29, 1.82) is 0 Å². The van der Waals surface area contributed by atoms with Gasteiger partial charge in [0, 0.05) is 18.1 Å². The third-order valence-corrected chi connectivity index (χ3v) is 8.41. The van der Waals surface area contributed by atoms with Gasteiger partial charge in [-0.25, -0.2) is 8.42 Å². The van der Waals surface area contributed by atoms with Gasteiger partial charge in [-0.15, -0.1) is 0 Å². The Bertz CT molecular complexity index is 1390. The molecule has 1 atom stereocenters. The Balaban J connectivity index is 2.04. The minimum atomic E-state index is -4.11. The fourth-order valence-corrected chi connectivity index (χ4v) is 5.80. The monoisotopic (exact) mass is 569 g/mol. The summed E-state index contributed by atoms with van der Waals surface area (Å²) in [6.45, 7) is 9.34. The molecule has 3 rings (SSSR count). The van der Waals surface area contributed by atoms with Crippen molar-refractivity contribution in [2.45, 2.75) is 52.1 Å². The lowest BCUT2D eigenvalue weighted by molar-refractivity contribution is -0.139. The number of anilines is 1. The SMILES string of the molecule is Cc1cc(C)cc(N(CC(=O)N(Cc2ccccc2Cl)[C@@H](C)C(=O)NCC(C)C)S(=O)(=O)c2ccccc2)c1. The molecular weight excluding hydrogens is 534 g/mol. The first kappa shape index (κ1) is 30.2. The molecule has 7 nitrogen and oxygen atoms in total. The molecule has 0 aromatic heterocycles. The topological polar surface area (TPSA) is 86.8 Å². The molecule has 0 unspecified atom stereocenters. The Kier molecular flexibility index (Phi) is 10.2. The van der Waals surface area contributed by atoms with Crippen molar-refractivity contribution in [3.63, 3.8) is 0 Å². The number of aryl methyl sites for hydroxylation is 2. The van der Waals surface area contributed by atoms with E-state index >= 15 is 0 Å². The lowest BCUT2D eigenvalue weighted by Crippen LogP contribution is -2.51. The van der Waals surface area contributed by atoms with Crippen LogP contribution in [0, 0.1) is 19.8 Å². The normalized spacial score (nSPS) is 12.2. The van der Waals surface area contributed by atoms with Crippen LogP contribution in [0.3, 0.4) is 0 Å². The van der Waals surface area contributed by atoms with E-state index in [1.165, 1.54) is 17.0 Å². The molecule has 208 valence electrons. The second kappa shape index (κ2) is 13.1. The van der Waals surface area contributed by atoms with Gasteiger partial charge in [-0.1, -0.05) is 67.9 Å². The summed E-state index contributed by atoms with van der Waals surface area (Å²) in [7, 11) is -4.11. The van der Waals surface area contributed by atoms with Crippen LogP contribution in [-0.4, -0.2) is 44.3 Å². The Morgan fingerprint density at radius 2 is 1.49 bits per heavy atom. The Morgan fingerprint density at radius 1 is 0.897 bits per heavy atom. The van der Waals surface area contributed by atoms with E-state index in [0.717, 1.165) is 15.4 Å². The predicted octanol–water partition coefficient (Wildman–Crippen LogP) is 5.34. The van der Waals surface area contributed by atoms with Crippen LogP contribution in [0.1, 0.15) is 37.5 Å². The Hall–Kier alpha value is -3.36. The lowest BCUT2D eigenvalue weighted by Gasteiger charge is -2.32. The number of carbonyl (C=O) groups is 2. The molecule has 0 saturated carbocycles. The van der Waals surface area contributed by atoms with Gasteiger partial charge in [0.25, 0.3) is 10.0 Å². The van der Waals surface area contributed by atoms with Crippen molar-refractivity contribution in [3.05, 3.63) is 94.5 Å². The van der Waals surface area contributed by atoms with Crippen LogP contribution in [0.25, 0.3) is 0 Å². The zero-order valence-corrected chi connectivity index (χ0v) is 24.6. The van der Waals surface area contributed by atoms with E-state index in [9.17, 15) is 18.0 Å². The molecule has 0 aliphatic heterocycles. The van der Waals surface area contributed by atoms with Crippen LogP contribution in [0.15, 0.2) is 77.7 Å². The third kappa shape index (κ3) is 7.83. The molecule has 39 heavy (non-hydrogen) atoms. The molecule has 0 radical (unpaired) electrons. The molecule has 0 spiro atoms. The van der Waals surface area contributed by atoms with Crippen LogP contribution in [-0.2, 0) is 26.2 Å². The van der Waals surface area contributed by atoms with Gasteiger partial charge < -0.3 is 10.2 Å². The zero-order chi connectivity index (χ0) is 28.7. The van der Waals surface area contributed by atoms with E-state index in [1.54, 1.807) is 61.5 Å². The molecule has 0 fully saturated rings. The number of halogens is 1. The van der Waals surface area contributed by atoms with Gasteiger partial charge in [0.05, 0.1) is 10.6 Å². The molecule has 3 aromatic rings. The molecule has 0 bridgehead atoms. The molecule has 0 saturated heterocycles. The molecule has 0 heterocycles. The number of sulfonamides is 1. The van der Waals surface area contributed by atoms with Crippen LogP contribution < -0.4 is 9.62 Å². The Labute approximate surface area is 236 Å². The summed E-state index contributed by atoms with van der Waals surface area (Å²) in [5.74, 6) is -0.626. The summed E-state index contributed by atoms with van der Waals surface area (Å²) in [6, 6.07) is 19.6. The largest absolute Gasteiger partial charge is 0.354 e. The zero-order valence-electron chi connectivity index (χ0n) is 23.0. The predicted molar refractivity (Wildman–Crippen MR) is 156 cm³/mol. The van der Waals surface area contributed by atoms with Crippen molar-refractivity contribution in [3.8, 4) is 0 Å². The Morgan fingerprint density at radius 3 is 2.08 bits per heavy atom. The minimum absolute atomic E-state index is 0.0425. The van der Waals surface area contributed by atoms with Gasteiger partial charge in [0.15, 0.2) is 0 Å². The summed E-state index contributed by atoms with van der Waals surface area (Å²) in [6.07, 6.45) is 0. The van der Waals surface area contributed by atoms with Gasteiger partial charge in [0.1, 0.15) is 12.6 Å². The number of carbonyl (C=O) groups excluding carboxylic acids is 2. The van der Waals surface area contributed by atoms with E-state index in [1.807, 2.05) is 33.8 Å². The lowest BCUT2D eigenvalue weighted by atomic mass is 10.1. The minimum Gasteiger partial charge on any atom is -0.354 e. The highest BCUT2D eigenvalue weighted by atomic mass is 35.5. The van der Waals surface area contributed by atoms with Crippen LogP contribution >= 0.6 is 11.6 Å². The maximum atomic E-state index is 14.0. The number of nitrogens with one attached hydrogen (secondary N) is 1. The van der Waals surface area contributed by atoms with Crippen LogP contribution in [0.4, 0.5) is 5.69 Å². The van der Waals surface area contributed by atoms with Crippen molar-refractivity contribution in [2.75, 3.05) is 17.4 Å². The van der Waals surface area contributed by atoms with E-state index in [-0.39, 0.29) is 23.3 Å². The fraction of sp³-hybridized carbons (Fsp3) is 0.333. The molecule has 9 heteroatoms. The van der Waals surface area contributed by atoms with Gasteiger partial charge in [-0.3, -0.25) is 13.9 Å². The number of benzene rings is 3. The molecular formula is C30H36ClN3O4S. The van der Waals surface area contributed by atoms with E-state index in [0.29, 0.717) is 22.8 Å². The summed E-state index contributed by atoms with van der Waals surface area (Å²) < 4.78 is 28.8. The van der Waals surface area contributed by atoms with Crippen molar-refractivity contribution in [1.82, 2.24) is 10.2 Å². The average molecular weight is 570 g/mol. The second-order valence-corrected chi connectivity index (χ2v) is 12.4. The number of hydrogen-bond acceptors (Lipinski definition) is 4. The van der Waals surface area contributed by atoms with Gasteiger partial charge >= 0.3 is 0 Å². The second-order valence-electron chi connectivity index (χ2n) is 10.1.